The zero-order chi connectivity index (χ0) is 14.5. The van der Waals surface area contributed by atoms with Crippen molar-refractivity contribution >= 4 is 11.8 Å². The lowest BCUT2D eigenvalue weighted by Gasteiger charge is -2.08. The molecule has 0 radical (unpaired) electrons. The highest BCUT2D eigenvalue weighted by Gasteiger charge is 2.22. The van der Waals surface area contributed by atoms with Crippen molar-refractivity contribution < 1.29 is 0 Å². The van der Waals surface area contributed by atoms with Gasteiger partial charge in [0.25, 0.3) is 0 Å². The Kier molecular flexibility index (Phi) is 3.99. The number of hydrazine groups is 1. The molecule has 104 valence electrons. The lowest BCUT2D eigenvalue weighted by Crippen LogP contribution is -2.31. The Labute approximate surface area is 125 Å². The molecule has 1 atom stereocenters. The van der Waals surface area contributed by atoms with Gasteiger partial charge in [-0.15, -0.1) is 0 Å². The van der Waals surface area contributed by atoms with Crippen molar-refractivity contribution in [3.8, 4) is 0 Å². The van der Waals surface area contributed by atoms with Gasteiger partial charge in [-0.3, -0.25) is 0 Å². The number of hydrogen-bond donors (Lipinski definition) is 2. The molecular weight excluding hydrogens is 256 g/mol. The molecule has 1 aromatic carbocycles. The van der Waals surface area contributed by atoms with Gasteiger partial charge in [-0.1, -0.05) is 85.5 Å². The van der Waals surface area contributed by atoms with Crippen LogP contribution in [0.5, 0.6) is 0 Å². The van der Waals surface area contributed by atoms with Crippen molar-refractivity contribution in [1.82, 2.24) is 10.9 Å². The van der Waals surface area contributed by atoms with E-state index in [4.69, 9.17) is 0 Å². The van der Waals surface area contributed by atoms with Gasteiger partial charge in [-0.2, -0.15) is 0 Å². The minimum absolute atomic E-state index is 0.272. The Morgan fingerprint density at radius 1 is 1.00 bits per heavy atom. The van der Waals surface area contributed by atoms with Crippen LogP contribution in [0.4, 0.5) is 0 Å². The maximum Gasteiger partial charge on any atom is 0.0714 e. The topological polar surface area (TPSA) is 24.1 Å². The van der Waals surface area contributed by atoms with Gasteiger partial charge in [-0.05, 0) is 16.7 Å². The number of hydrogen-bond acceptors (Lipinski definition) is 2. The Hall–Kier alpha value is -2.58. The van der Waals surface area contributed by atoms with Crippen molar-refractivity contribution in [1.29, 1.82) is 0 Å². The summed E-state index contributed by atoms with van der Waals surface area (Å²) in [5.41, 5.74) is 11.4. The third-order valence-corrected chi connectivity index (χ3v) is 3.51. The molecule has 0 saturated heterocycles. The second-order valence-corrected chi connectivity index (χ2v) is 4.92. The van der Waals surface area contributed by atoms with E-state index in [-0.39, 0.29) is 6.04 Å². The summed E-state index contributed by atoms with van der Waals surface area (Å²) in [6, 6.07) is 8.80. The summed E-state index contributed by atoms with van der Waals surface area (Å²) < 4.78 is 0. The third-order valence-electron chi connectivity index (χ3n) is 3.51. The predicted octanol–water partition coefficient (Wildman–Crippen LogP) is 3.76. The lowest BCUT2D eigenvalue weighted by molar-refractivity contribution is 0.656. The van der Waals surface area contributed by atoms with E-state index in [2.05, 4.69) is 72.1 Å². The first-order valence-corrected chi connectivity index (χ1v) is 7.05. The summed E-state index contributed by atoms with van der Waals surface area (Å²) in [4.78, 5) is 0. The van der Waals surface area contributed by atoms with Gasteiger partial charge in [0.05, 0.1) is 11.7 Å². The number of benzene rings is 1. The molecule has 0 fully saturated rings. The molecule has 21 heavy (non-hydrogen) atoms. The zero-order valence-electron chi connectivity index (χ0n) is 11.8. The minimum Gasteiger partial charge on any atom is -0.320 e. The quantitative estimate of drug-likeness (QED) is 0.817. The summed E-state index contributed by atoms with van der Waals surface area (Å²) in [5, 5.41) is 0. The highest BCUT2D eigenvalue weighted by Crippen LogP contribution is 2.26. The molecule has 0 amide bonds. The Morgan fingerprint density at radius 2 is 1.86 bits per heavy atom. The van der Waals surface area contributed by atoms with Crippen LogP contribution >= 0.6 is 0 Å². The molecule has 1 aromatic rings. The molecule has 2 aliphatic rings. The van der Waals surface area contributed by atoms with Gasteiger partial charge in [0, 0.05) is 0 Å². The normalized spacial score (nSPS) is 20.3. The largest absolute Gasteiger partial charge is 0.320 e. The molecule has 2 heteroatoms. The number of fused-ring (bicyclic) bond motifs is 1. The van der Waals surface area contributed by atoms with E-state index in [0.717, 1.165) is 5.70 Å². The monoisotopic (exact) mass is 274 g/mol. The highest BCUT2D eigenvalue weighted by molar-refractivity contribution is 5.74. The maximum atomic E-state index is 3.65. The van der Waals surface area contributed by atoms with E-state index in [0.29, 0.717) is 0 Å². The van der Waals surface area contributed by atoms with Crippen LogP contribution in [-0.4, -0.2) is 6.04 Å². The fourth-order valence-electron chi connectivity index (χ4n) is 2.44. The molecular formula is C19H18N2. The predicted molar refractivity (Wildman–Crippen MR) is 90.1 cm³/mol. The number of allylic oxidation sites excluding steroid dienone is 6. The van der Waals surface area contributed by atoms with Crippen LogP contribution in [0.1, 0.15) is 11.1 Å². The Balaban J connectivity index is 1.80. The fraction of sp³-hybridized carbons (Fsp3) is 0.0526. The molecule has 1 aliphatic heterocycles. The van der Waals surface area contributed by atoms with Crippen LogP contribution in [0.15, 0.2) is 85.0 Å². The standard InChI is InChI=1S/C19H18N2/c1-2-3-4-5-8-15-11-13-16(14-12-15)19-17-9-6-7-10-18(17)20-21-19/h2-14,18,20-21H,1H2/b4-3-,8-5?. The molecule has 0 saturated carbocycles. The second-order valence-electron chi connectivity index (χ2n) is 4.92. The van der Waals surface area contributed by atoms with Crippen molar-refractivity contribution in [2.24, 2.45) is 0 Å². The Morgan fingerprint density at radius 3 is 2.67 bits per heavy atom. The summed E-state index contributed by atoms with van der Waals surface area (Å²) in [6.45, 7) is 3.65. The van der Waals surface area contributed by atoms with Crippen LogP contribution in [0.3, 0.4) is 0 Å². The fourth-order valence-corrected chi connectivity index (χ4v) is 2.44. The van der Waals surface area contributed by atoms with Gasteiger partial charge < -0.3 is 5.43 Å². The van der Waals surface area contributed by atoms with Gasteiger partial charge in [0.1, 0.15) is 0 Å². The van der Waals surface area contributed by atoms with Crippen LogP contribution in [0.25, 0.3) is 11.8 Å². The van der Waals surface area contributed by atoms with E-state index in [9.17, 15) is 0 Å². The average molecular weight is 274 g/mol. The molecule has 0 aromatic heterocycles. The lowest BCUT2D eigenvalue weighted by atomic mass is 9.98. The summed E-state index contributed by atoms with van der Waals surface area (Å²) in [6.07, 6.45) is 18.2. The third kappa shape index (κ3) is 2.96. The molecule has 2 N–H and O–H groups in total. The highest BCUT2D eigenvalue weighted by atomic mass is 15.4. The zero-order valence-corrected chi connectivity index (χ0v) is 11.8. The van der Waals surface area contributed by atoms with Crippen molar-refractivity contribution in [3.05, 3.63) is 96.2 Å². The van der Waals surface area contributed by atoms with E-state index in [1.807, 2.05) is 18.2 Å². The van der Waals surface area contributed by atoms with Gasteiger partial charge in [-0.25, -0.2) is 5.43 Å². The molecule has 1 heterocycles. The summed E-state index contributed by atoms with van der Waals surface area (Å²) >= 11 is 0. The van der Waals surface area contributed by atoms with Crippen LogP contribution in [0, 0.1) is 0 Å². The van der Waals surface area contributed by atoms with Crippen LogP contribution in [0.2, 0.25) is 0 Å². The van der Waals surface area contributed by atoms with Crippen molar-refractivity contribution in [2.45, 2.75) is 6.04 Å². The molecule has 0 spiro atoms. The first-order chi connectivity index (χ1) is 10.4. The minimum atomic E-state index is 0.272. The molecule has 3 rings (SSSR count). The summed E-state index contributed by atoms with van der Waals surface area (Å²) in [7, 11) is 0. The van der Waals surface area contributed by atoms with Gasteiger partial charge in [0.15, 0.2) is 0 Å². The average Bonchev–Trinajstić information content (AvgIpc) is 2.96. The Bertz CT molecular complexity index is 670. The molecule has 2 nitrogen and oxygen atoms in total. The van der Waals surface area contributed by atoms with Gasteiger partial charge >= 0.3 is 0 Å². The first kappa shape index (κ1) is 13.4. The van der Waals surface area contributed by atoms with E-state index in [1.54, 1.807) is 6.08 Å². The van der Waals surface area contributed by atoms with E-state index >= 15 is 0 Å². The van der Waals surface area contributed by atoms with Crippen LogP contribution in [-0.2, 0) is 0 Å². The molecule has 0 bridgehead atoms. The van der Waals surface area contributed by atoms with Gasteiger partial charge in [0.2, 0.25) is 0 Å². The molecule has 1 aliphatic carbocycles. The van der Waals surface area contributed by atoms with Crippen molar-refractivity contribution in [3.63, 3.8) is 0 Å². The van der Waals surface area contributed by atoms with Crippen LogP contribution < -0.4 is 10.9 Å². The first-order valence-electron chi connectivity index (χ1n) is 7.05. The molecule has 1 unspecified atom stereocenters. The number of rotatable bonds is 4. The second kappa shape index (κ2) is 6.25. The maximum absolute atomic E-state index is 3.65. The SMILES string of the molecule is C=C/C=C\C=Cc1ccc(C2=C3C=CC=CC3NN2)cc1. The smallest absolute Gasteiger partial charge is 0.0714 e. The number of nitrogens with one attached hydrogen (secondary N) is 2. The van der Waals surface area contributed by atoms with E-state index in [1.165, 1.54) is 16.7 Å². The van der Waals surface area contributed by atoms with Crippen molar-refractivity contribution in [2.75, 3.05) is 0 Å². The summed E-state index contributed by atoms with van der Waals surface area (Å²) in [5.74, 6) is 0. The van der Waals surface area contributed by atoms with E-state index < -0.39 is 0 Å².